The van der Waals surface area contributed by atoms with Crippen LogP contribution in [0.15, 0.2) is 53.5 Å². The number of aryl methyl sites for hydroxylation is 2. The average Bonchev–Trinajstić information content (AvgIpc) is 3.14. The van der Waals surface area contributed by atoms with Crippen molar-refractivity contribution in [2.45, 2.75) is 33.0 Å². The lowest BCUT2D eigenvalue weighted by Gasteiger charge is -2.26. The van der Waals surface area contributed by atoms with Gasteiger partial charge in [0.05, 0.1) is 24.2 Å². The van der Waals surface area contributed by atoms with Gasteiger partial charge in [-0.1, -0.05) is 36.4 Å². The lowest BCUT2D eigenvalue weighted by molar-refractivity contribution is 0.0342. The van der Waals surface area contributed by atoms with Crippen LogP contribution in [0.1, 0.15) is 23.4 Å². The quantitative estimate of drug-likeness (QED) is 0.190. The highest BCUT2D eigenvalue weighted by atomic mass is 127. The van der Waals surface area contributed by atoms with Crippen molar-refractivity contribution in [1.82, 2.24) is 25.1 Å². The van der Waals surface area contributed by atoms with Gasteiger partial charge in [-0.15, -0.1) is 24.0 Å². The number of hydrogen-bond donors (Lipinski definition) is 2. The zero-order valence-electron chi connectivity index (χ0n) is 19.6. The number of benzene rings is 2. The maximum atomic E-state index is 5.45. The first-order valence-corrected chi connectivity index (χ1v) is 11.5. The maximum absolute atomic E-state index is 5.45. The molecule has 1 saturated heterocycles. The molecule has 2 N–H and O–H groups in total. The van der Waals surface area contributed by atoms with E-state index in [1.807, 2.05) is 13.1 Å². The Balaban J connectivity index is 0.00000306. The van der Waals surface area contributed by atoms with Crippen LogP contribution in [-0.2, 0) is 24.4 Å². The van der Waals surface area contributed by atoms with Crippen LogP contribution < -0.4 is 10.6 Å². The summed E-state index contributed by atoms with van der Waals surface area (Å²) in [5, 5.41) is 6.87. The summed E-state index contributed by atoms with van der Waals surface area (Å²) in [4.78, 5) is 11.5. The molecule has 0 atom stereocenters. The summed E-state index contributed by atoms with van der Waals surface area (Å²) in [6, 6.07) is 17.1. The molecule has 0 radical (unpaired) electrons. The molecular weight excluding hydrogens is 527 g/mol. The van der Waals surface area contributed by atoms with E-state index in [0.717, 1.165) is 76.2 Å². The maximum Gasteiger partial charge on any atom is 0.191 e. The Kier molecular flexibility index (Phi) is 9.95. The number of imidazole rings is 1. The highest BCUT2D eigenvalue weighted by Gasteiger charge is 2.11. The molecule has 8 heteroatoms. The third-order valence-corrected chi connectivity index (χ3v) is 5.88. The van der Waals surface area contributed by atoms with E-state index in [4.69, 9.17) is 4.74 Å². The SMILES string of the molecule is CN=C(NCCCn1c(C)nc2ccccc21)NCc1cccc(CN2CCOCC2)c1.I. The number of rotatable bonds is 8. The molecule has 178 valence electrons. The molecule has 0 bridgehead atoms. The Morgan fingerprint density at radius 3 is 2.67 bits per heavy atom. The molecule has 0 unspecified atom stereocenters. The summed E-state index contributed by atoms with van der Waals surface area (Å²) in [6.45, 7) is 9.26. The van der Waals surface area contributed by atoms with Crippen LogP contribution in [0, 0.1) is 6.92 Å². The van der Waals surface area contributed by atoms with Crippen molar-refractivity contribution in [2.75, 3.05) is 39.9 Å². The van der Waals surface area contributed by atoms with E-state index in [-0.39, 0.29) is 24.0 Å². The van der Waals surface area contributed by atoms with Crippen molar-refractivity contribution in [1.29, 1.82) is 0 Å². The topological polar surface area (TPSA) is 66.7 Å². The Labute approximate surface area is 213 Å². The fourth-order valence-electron chi connectivity index (χ4n) is 4.18. The molecule has 0 aliphatic carbocycles. The summed E-state index contributed by atoms with van der Waals surface area (Å²) < 4.78 is 7.73. The summed E-state index contributed by atoms with van der Waals surface area (Å²) in [7, 11) is 1.82. The van der Waals surface area contributed by atoms with Gasteiger partial charge in [0.2, 0.25) is 0 Å². The molecule has 4 rings (SSSR count). The van der Waals surface area contributed by atoms with Crippen LogP contribution in [0.4, 0.5) is 0 Å². The number of hydrogen-bond acceptors (Lipinski definition) is 4. The number of nitrogens with one attached hydrogen (secondary N) is 2. The number of para-hydroxylation sites is 2. The number of guanidine groups is 1. The zero-order valence-corrected chi connectivity index (χ0v) is 21.9. The first kappa shape index (κ1) is 25.5. The number of aliphatic imine (C=N–C) groups is 1. The van der Waals surface area contributed by atoms with Crippen molar-refractivity contribution >= 4 is 41.0 Å². The van der Waals surface area contributed by atoms with Crippen molar-refractivity contribution in [3.63, 3.8) is 0 Å². The van der Waals surface area contributed by atoms with Gasteiger partial charge in [0.1, 0.15) is 5.82 Å². The Morgan fingerprint density at radius 1 is 1.06 bits per heavy atom. The van der Waals surface area contributed by atoms with Crippen LogP contribution in [-0.4, -0.2) is 60.3 Å². The average molecular weight is 563 g/mol. The number of aromatic nitrogens is 2. The van der Waals surface area contributed by atoms with Crippen LogP contribution in [0.3, 0.4) is 0 Å². The molecule has 1 aliphatic rings. The third kappa shape index (κ3) is 7.15. The standard InChI is InChI=1S/C25H34N6O.HI/c1-20-29-23-9-3-4-10-24(23)31(20)12-6-11-27-25(26-2)28-18-21-7-5-8-22(17-21)19-30-13-15-32-16-14-30;/h3-5,7-10,17H,6,11-16,18-19H2,1-2H3,(H2,26,27,28);1H. The van der Waals surface area contributed by atoms with E-state index in [1.165, 1.54) is 16.6 Å². The van der Waals surface area contributed by atoms with Gasteiger partial charge in [-0.2, -0.15) is 0 Å². The molecular formula is C25H35IN6O. The smallest absolute Gasteiger partial charge is 0.191 e. The first-order valence-electron chi connectivity index (χ1n) is 11.5. The Bertz CT molecular complexity index is 1040. The van der Waals surface area contributed by atoms with E-state index in [0.29, 0.717) is 0 Å². The normalized spacial score (nSPS) is 14.8. The van der Waals surface area contributed by atoms with Gasteiger partial charge in [0.15, 0.2) is 5.96 Å². The highest BCUT2D eigenvalue weighted by molar-refractivity contribution is 14.0. The zero-order chi connectivity index (χ0) is 22.2. The van der Waals surface area contributed by atoms with Gasteiger partial charge in [0.25, 0.3) is 0 Å². The first-order chi connectivity index (χ1) is 15.7. The minimum Gasteiger partial charge on any atom is -0.379 e. The minimum atomic E-state index is 0. The van der Waals surface area contributed by atoms with Gasteiger partial charge in [-0.05, 0) is 36.6 Å². The fourth-order valence-corrected chi connectivity index (χ4v) is 4.18. The van der Waals surface area contributed by atoms with Gasteiger partial charge < -0.3 is 19.9 Å². The lowest BCUT2D eigenvalue weighted by Crippen LogP contribution is -2.37. The van der Waals surface area contributed by atoms with Crippen molar-refractivity contribution < 1.29 is 4.74 Å². The van der Waals surface area contributed by atoms with Crippen molar-refractivity contribution in [2.24, 2.45) is 4.99 Å². The second-order valence-electron chi connectivity index (χ2n) is 8.21. The molecule has 1 aliphatic heterocycles. The van der Waals surface area contributed by atoms with Crippen molar-refractivity contribution in [3.05, 3.63) is 65.5 Å². The van der Waals surface area contributed by atoms with E-state index < -0.39 is 0 Å². The molecule has 0 spiro atoms. The molecule has 7 nitrogen and oxygen atoms in total. The molecule has 0 saturated carbocycles. The predicted molar refractivity (Wildman–Crippen MR) is 145 cm³/mol. The van der Waals surface area contributed by atoms with Crippen LogP contribution in [0.25, 0.3) is 11.0 Å². The van der Waals surface area contributed by atoms with Gasteiger partial charge in [0, 0.05) is 46.3 Å². The minimum absolute atomic E-state index is 0. The summed E-state index contributed by atoms with van der Waals surface area (Å²) in [6.07, 6.45) is 0.997. The Morgan fingerprint density at radius 2 is 1.85 bits per heavy atom. The van der Waals surface area contributed by atoms with E-state index >= 15 is 0 Å². The number of fused-ring (bicyclic) bond motifs is 1. The number of ether oxygens (including phenoxy) is 1. The van der Waals surface area contributed by atoms with E-state index in [1.54, 1.807) is 0 Å². The number of nitrogens with zero attached hydrogens (tertiary/aromatic N) is 4. The monoisotopic (exact) mass is 562 g/mol. The molecule has 2 heterocycles. The van der Waals surface area contributed by atoms with Crippen molar-refractivity contribution in [3.8, 4) is 0 Å². The Hall–Kier alpha value is -2.17. The molecule has 33 heavy (non-hydrogen) atoms. The fraction of sp³-hybridized carbons (Fsp3) is 0.440. The van der Waals surface area contributed by atoms with Gasteiger partial charge >= 0.3 is 0 Å². The summed E-state index contributed by atoms with van der Waals surface area (Å²) in [5.74, 6) is 1.89. The van der Waals surface area contributed by atoms with Gasteiger partial charge in [-0.3, -0.25) is 9.89 Å². The number of halogens is 1. The highest BCUT2D eigenvalue weighted by Crippen LogP contribution is 2.15. The largest absolute Gasteiger partial charge is 0.379 e. The second-order valence-corrected chi connectivity index (χ2v) is 8.21. The summed E-state index contributed by atoms with van der Waals surface area (Å²) in [5.41, 5.74) is 4.87. The molecule has 2 aromatic carbocycles. The molecule has 1 fully saturated rings. The van der Waals surface area contributed by atoms with E-state index in [2.05, 4.69) is 79.5 Å². The van der Waals surface area contributed by atoms with Gasteiger partial charge in [-0.25, -0.2) is 4.98 Å². The van der Waals surface area contributed by atoms with E-state index in [9.17, 15) is 0 Å². The molecule has 0 amide bonds. The molecule has 1 aromatic heterocycles. The van der Waals surface area contributed by atoms with Crippen LogP contribution >= 0.6 is 24.0 Å². The predicted octanol–water partition coefficient (Wildman–Crippen LogP) is 3.55. The van der Waals surface area contributed by atoms with Crippen LogP contribution in [0.5, 0.6) is 0 Å². The summed E-state index contributed by atoms with van der Waals surface area (Å²) >= 11 is 0. The molecule has 3 aromatic rings. The number of morpholine rings is 1. The van der Waals surface area contributed by atoms with Crippen LogP contribution in [0.2, 0.25) is 0 Å². The third-order valence-electron chi connectivity index (χ3n) is 5.88. The lowest BCUT2D eigenvalue weighted by atomic mass is 10.1. The second kappa shape index (κ2) is 12.9.